The van der Waals surface area contributed by atoms with E-state index in [9.17, 15) is 0 Å². The van der Waals surface area contributed by atoms with Crippen molar-refractivity contribution in [3.63, 3.8) is 0 Å². The maximum Gasteiger partial charge on any atom is 0.170 e. The van der Waals surface area contributed by atoms with Gasteiger partial charge in [-0.2, -0.15) is 0 Å². The van der Waals surface area contributed by atoms with Crippen LogP contribution in [0, 0.1) is 0 Å². The summed E-state index contributed by atoms with van der Waals surface area (Å²) in [5.41, 5.74) is 1.03. The number of pyridine rings is 1. The maximum atomic E-state index is 5.83. The van der Waals surface area contributed by atoms with Gasteiger partial charge in [-0.25, -0.2) is 0 Å². The number of ether oxygens (including phenoxy) is 1. The van der Waals surface area contributed by atoms with Crippen molar-refractivity contribution >= 4 is 28.7 Å². The Morgan fingerprint density at radius 3 is 3.00 bits per heavy atom. The molecule has 120 valence electrons. The van der Waals surface area contributed by atoms with Gasteiger partial charge in [0.15, 0.2) is 5.11 Å². The lowest BCUT2D eigenvalue weighted by atomic mass is 10.0. The Morgan fingerprint density at radius 2 is 2.30 bits per heavy atom. The van der Waals surface area contributed by atoms with Gasteiger partial charge in [0.2, 0.25) is 0 Å². The molecule has 6 heteroatoms. The predicted octanol–water partition coefficient (Wildman–Crippen LogP) is 3.29. The molecule has 4 rings (SSSR count). The summed E-state index contributed by atoms with van der Waals surface area (Å²) in [5.74, 6) is 0. The van der Waals surface area contributed by atoms with Gasteiger partial charge in [0.1, 0.15) is 0 Å². The molecule has 0 saturated carbocycles. The molecule has 0 unspecified atom stereocenters. The fourth-order valence-electron chi connectivity index (χ4n) is 3.38. The van der Waals surface area contributed by atoms with E-state index in [2.05, 4.69) is 38.8 Å². The van der Waals surface area contributed by atoms with Crippen LogP contribution in [0.2, 0.25) is 0 Å². The molecule has 0 spiro atoms. The standard InChI is InChI=1S/C17H19N3OS2/c22-17-19-15(13-6-1-2-8-18-13)16(14-7-4-10-23-14)20(17)11-12-5-3-9-21-12/h1-2,4,6-8,10,12,15-16H,3,5,9,11H2,(H,19,22)/t12-,15-,16-/m0/s1. The maximum absolute atomic E-state index is 5.83. The van der Waals surface area contributed by atoms with Crippen LogP contribution in [-0.2, 0) is 4.74 Å². The van der Waals surface area contributed by atoms with Gasteiger partial charge in [-0.15, -0.1) is 11.3 Å². The zero-order valence-corrected chi connectivity index (χ0v) is 14.4. The Hall–Kier alpha value is -1.50. The van der Waals surface area contributed by atoms with Crippen LogP contribution in [0.25, 0.3) is 0 Å². The molecule has 0 radical (unpaired) electrons. The molecule has 0 aliphatic carbocycles. The Bertz CT molecular complexity index is 656. The number of aromatic nitrogens is 1. The molecule has 2 saturated heterocycles. The number of rotatable bonds is 4. The van der Waals surface area contributed by atoms with Gasteiger partial charge in [0.05, 0.1) is 23.9 Å². The Morgan fingerprint density at radius 1 is 1.35 bits per heavy atom. The lowest BCUT2D eigenvalue weighted by Gasteiger charge is -2.28. The first-order chi connectivity index (χ1) is 11.3. The van der Waals surface area contributed by atoms with Gasteiger partial charge in [-0.05, 0) is 48.6 Å². The minimum Gasteiger partial charge on any atom is -0.376 e. The van der Waals surface area contributed by atoms with Crippen LogP contribution in [0.5, 0.6) is 0 Å². The van der Waals surface area contributed by atoms with Crippen molar-refractivity contribution in [2.75, 3.05) is 13.2 Å². The first kappa shape index (κ1) is 15.1. The van der Waals surface area contributed by atoms with Crippen molar-refractivity contribution in [3.05, 3.63) is 52.5 Å². The van der Waals surface area contributed by atoms with Gasteiger partial charge < -0.3 is 15.0 Å². The summed E-state index contributed by atoms with van der Waals surface area (Å²) in [4.78, 5) is 8.15. The zero-order chi connectivity index (χ0) is 15.6. The smallest absolute Gasteiger partial charge is 0.170 e. The lowest BCUT2D eigenvalue weighted by Crippen LogP contribution is -2.36. The van der Waals surface area contributed by atoms with Crippen LogP contribution >= 0.6 is 23.6 Å². The van der Waals surface area contributed by atoms with E-state index in [0.29, 0.717) is 0 Å². The van der Waals surface area contributed by atoms with E-state index in [0.717, 1.165) is 36.8 Å². The third-order valence-electron chi connectivity index (χ3n) is 4.46. The number of hydrogen-bond acceptors (Lipinski definition) is 4. The molecule has 23 heavy (non-hydrogen) atoms. The molecule has 2 aromatic heterocycles. The average molecular weight is 345 g/mol. The molecule has 0 bridgehead atoms. The Balaban J connectivity index is 1.66. The second-order valence-corrected chi connectivity index (χ2v) is 7.30. The second-order valence-electron chi connectivity index (χ2n) is 5.93. The van der Waals surface area contributed by atoms with E-state index in [4.69, 9.17) is 17.0 Å². The van der Waals surface area contributed by atoms with Gasteiger partial charge >= 0.3 is 0 Å². The summed E-state index contributed by atoms with van der Waals surface area (Å²) in [5, 5.41) is 6.40. The molecule has 1 N–H and O–H groups in total. The van der Waals surface area contributed by atoms with Crippen molar-refractivity contribution in [2.45, 2.75) is 31.0 Å². The Labute approximate surface area is 145 Å². The molecule has 2 fully saturated rings. The van der Waals surface area contributed by atoms with Crippen molar-refractivity contribution in [2.24, 2.45) is 0 Å². The summed E-state index contributed by atoms with van der Waals surface area (Å²) >= 11 is 7.41. The fraction of sp³-hybridized carbons (Fsp3) is 0.412. The normalized spacial score (nSPS) is 27.4. The third-order valence-corrected chi connectivity index (χ3v) is 5.75. The van der Waals surface area contributed by atoms with E-state index in [-0.39, 0.29) is 18.2 Å². The molecule has 2 aliphatic rings. The van der Waals surface area contributed by atoms with Gasteiger partial charge in [-0.1, -0.05) is 12.1 Å². The van der Waals surface area contributed by atoms with Crippen LogP contribution in [0.4, 0.5) is 0 Å². The number of thiophene rings is 1. The van der Waals surface area contributed by atoms with Crippen LogP contribution in [-0.4, -0.2) is 34.3 Å². The SMILES string of the molecule is S=C1N[C@@H](c2ccccn2)[C@H](c2cccs2)N1C[C@@H]1CCCO1. The van der Waals surface area contributed by atoms with Crippen LogP contribution in [0.1, 0.15) is 35.5 Å². The number of hydrogen-bond donors (Lipinski definition) is 1. The molecule has 2 aliphatic heterocycles. The molecular weight excluding hydrogens is 326 g/mol. The minimum absolute atomic E-state index is 0.0868. The van der Waals surface area contributed by atoms with Crippen molar-refractivity contribution in [1.82, 2.24) is 15.2 Å². The first-order valence-corrected chi connectivity index (χ1v) is 9.25. The third kappa shape index (κ3) is 2.98. The highest BCUT2D eigenvalue weighted by Gasteiger charge is 2.41. The largest absolute Gasteiger partial charge is 0.376 e. The van der Waals surface area contributed by atoms with Crippen LogP contribution in [0.15, 0.2) is 41.9 Å². The quantitative estimate of drug-likeness (QED) is 0.861. The molecule has 2 aromatic rings. The molecule has 4 heterocycles. The summed E-state index contributed by atoms with van der Waals surface area (Å²) in [6, 6.07) is 10.6. The van der Waals surface area contributed by atoms with Crippen LogP contribution in [0.3, 0.4) is 0 Å². The Kier molecular flexibility index (Phi) is 4.29. The monoisotopic (exact) mass is 345 g/mol. The van der Waals surface area contributed by atoms with Crippen molar-refractivity contribution in [1.29, 1.82) is 0 Å². The number of thiocarbonyl (C=S) groups is 1. The molecular formula is C17H19N3OS2. The minimum atomic E-state index is 0.0868. The average Bonchev–Trinajstić information content (AvgIpc) is 3.31. The van der Waals surface area contributed by atoms with Gasteiger partial charge in [0, 0.05) is 24.2 Å². The zero-order valence-electron chi connectivity index (χ0n) is 12.7. The van der Waals surface area contributed by atoms with E-state index >= 15 is 0 Å². The van der Waals surface area contributed by atoms with E-state index in [1.807, 2.05) is 18.3 Å². The highest BCUT2D eigenvalue weighted by Crippen LogP contribution is 2.40. The fourth-order valence-corrected chi connectivity index (χ4v) is 4.57. The highest BCUT2D eigenvalue weighted by molar-refractivity contribution is 7.80. The first-order valence-electron chi connectivity index (χ1n) is 7.96. The summed E-state index contributed by atoms with van der Waals surface area (Å²) in [7, 11) is 0. The summed E-state index contributed by atoms with van der Waals surface area (Å²) in [6.07, 6.45) is 4.38. The lowest BCUT2D eigenvalue weighted by molar-refractivity contribution is 0.0846. The van der Waals surface area contributed by atoms with Gasteiger partial charge in [0.25, 0.3) is 0 Å². The number of nitrogens with one attached hydrogen (secondary N) is 1. The topological polar surface area (TPSA) is 37.4 Å². The van der Waals surface area contributed by atoms with Crippen LogP contribution < -0.4 is 5.32 Å². The van der Waals surface area contributed by atoms with E-state index in [1.165, 1.54) is 4.88 Å². The molecule has 0 amide bonds. The molecule has 0 aromatic carbocycles. The highest BCUT2D eigenvalue weighted by atomic mass is 32.1. The van der Waals surface area contributed by atoms with Crippen molar-refractivity contribution < 1.29 is 4.74 Å². The van der Waals surface area contributed by atoms with E-state index < -0.39 is 0 Å². The second kappa shape index (κ2) is 6.55. The molecule has 3 atom stereocenters. The molecule has 4 nitrogen and oxygen atoms in total. The van der Waals surface area contributed by atoms with E-state index in [1.54, 1.807) is 11.3 Å². The summed E-state index contributed by atoms with van der Waals surface area (Å²) < 4.78 is 5.83. The number of nitrogens with zero attached hydrogens (tertiary/aromatic N) is 2. The van der Waals surface area contributed by atoms with Gasteiger partial charge in [-0.3, -0.25) is 4.98 Å². The summed E-state index contributed by atoms with van der Waals surface area (Å²) in [6.45, 7) is 1.71. The van der Waals surface area contributed by atoms with Crippen molar-refractivity contribution in [3.8, 4) is 0 Å². The predicted molar refractivity (Wildman–Crippen MR) is 95.5 cm³/mol.